The zero-order chi connectivity index (χ0) is 30.4. The molecule has 0 saturated heterocycles. The van der Waals surface area contributed by atoms with Gasteiger partial charge in [0.05, 0.1) is 0 Å². The Morgan fingerprint density at radius 2 is 0.786 bits per heavy atom. The molecule has 210 valence electrons. The first-order valence-corrected chi connectivity index (χ1v) is 13.1. The molecule has 6 nitrogen and oxygen atoms in total. The Morgan fingerprint density at radius 3 is 1.21 bits per heavy atom. The van der Waals surface area contributed by atoms with Crippen molar-refractivity contribution in [1.82, 2.24) is 0 Å². The highest BCUT2D eigenvalue weighted by Crippen LogP contribution is 2.36. The molecule has 0 atom stereocenters. The lowest BCUT2D eigenvalue weighted by atomic mass is 9.97. The average Bonchev–Trinajstić information content (AvgIpc) is 2.98. The zero-order valence-corrected chi connectivity index (χ0v) is 23.7. The molecular formula is C36H30O6. The number of hydrogen-bond acceptors (Lipinski definition) is 6. The van der Waals surface area contributed by atoms with E-state index in [4.69, 9.17) is 14.2 Å². The van der Waals surface area contributed by atoms with Gasteiger partial charge >= 0.3 is 17.9 Å². The van der Waals surface area contributed by atoms with Gasteiger partial charge in [-0.25, -0.2) is 14.4 Å². The van der Waals surface area contributed by atoms with E-state index in [1.807, 2.05) is 60.7 Å². The predicted octanol–water partition coefficient (Wildman–Crippen LogP) is 8.13. The van der Waals surface area contributed by atoms with Gasteiger partial charge in [-0.1, -0.05) is 80.4 Å². The molecule has 0 heterocycles. The van der Waals surface area contributed by atoms with Crippen molar-refractivity contribution < 1.29 is 28.6 Å². The third-order valence-electron chi connectivity index (χ3n) is 6.22. The van der Waals surface area contributed by atoms with Gasteiger partial charge in [-0.2, -0.15) is 0 Å². The fourth-order valence-corrected chi connectivity index (χ4v) is 3.87. The van der Waals surface area contributed by atoms with Gasteiger partial charge in [0.25, 0.3) is 0 Å². The van der Waals surface area contributed by atoms with Crippen molar-refractivity contribution in [2.24, 2.45) is 0 Å². The van der Waals surface area contributed by atoms with Crippen molar-refractivity contribution >= 4 is 17.9 Å². The van der Waals surface area contributed by atoms with Gasteiger partial charge in [0.15, 0.2) is 0 Å². The minimum atomic E-state index is -0.528. The minimum Gasteiger partial charge on any atom is -0.423 e. The van der Waals surface area contributed by atoms with Crippen molar-refractivity contribution in [2.45, 2.75) is 20.8 Å². The molecule has 0 aromatic heterocycles. The molecule has 0 aliphatic rings. The van der Waals surface area contributed by atoms with Crippen LogP contribution >= 0.6 is 0 Å². The topological polar surface area (TPSA) is 78.9 Å². The minimum absolute atomic E-state index is 0.280. The molecule has 0 radical (unpaired) electrons. The van der Waals surface area contributed by atoms with Crippen LogP contribution in [0.1, 0.15) is 20.8 Å². The van der Waals surface area contributed by atoms with Crippen molar-refractivity contribution in [3.05, 3.63) is 127 Å². The molecule has 4 aromatic rings. The third kappa shape index (κ3) is 7.17. The van der Waals surface area contributed by atoms with Crippen LogP contribution in [0.4, 0.5) is 0 Å². The number of benzene rings is 4. The summed E-state index contributed by atoms with van der Waals surface area (Å²) in [6, 6.07) is 27.7. The van der Waals surface area contributed by atoms with Gasteiger partial charge in [-0.05, 0) is 78.9 Å². The van der Waals surface area contributed by atoms with Crippen LogP contribution in [0.2, 0.25) is 0 Å². The van der Waals surface area contributed by atoms with Crippen LogP contribution in [0.25, 0.3) is 33.4 Å². The molecule has 0 aliphatic heterocycles. The summed E-state index contributed by atoms with van der Waals surface area (Å²) in [5, 5.41) is 0. The van der Waals surface area contributed by atoms with Gasteiger partial charge in [-0.15, -0.1) is 0 Å². The first-order chi connectivity index (χ1) is 20.0. The van der Waals surface area contributed by atoms with Crippen LogP contribution in [-0.2, 0) is 14.4 Å². The van der Waals surface area contributed by atoms with E-state index in [-0.39, 0.29) is 5.57 Å². The molecule has 0 spiro atoms. The van der Waals surface area contributed by atoms with E-state index in [2.05, 4.69) is 19.7 Å². The third-order valence-corrected chi connectivity index (χ3v) is 6.22. The Kier molecular flexibility index (Phi) is 8.98. The number of carbonyl (C=O) groups excluding carboxylic acids is 3. The Morgan fingerprint density at radius 1 is 0.452 bits per heavy atom. The molecule has 0 bridgehead atoms. The van der Waals surface area contributed by atoms with Crippen molar-refractivity contribution in [1.29, 1.82) is 0 Å². The number of hydrogen-bond donors (Lipinski definition) is 0. The van der Waals surface area contributed by atoms with Gasteiger partial charge < -0.3 is 14.2 Å². The zero-order valence-electron chi connectivity index (χ0n) is 23.7. The number of carbonyl (C=O) groups is 3. The van der Waals surface area contributed by atoms with E-state index >= 15 is 0 Å². The molecule has 42 heavy (non-hydrogen) atoms. The van der Waals surface area contributed by atoms with Gasteiger partial charge in [0.1, 0.15) is 17.2 Å². The van der Waals surface area contributed by atoms with Gasteiger partial charge in [0.2, 0.25) is 0 Å². The summed E-state index contributed by atoms with van der Waals surface area (Å²) in [6.07, 6.45) is 0. The van der Waals surface area contributed by atoms with Crippen LogP contribution in [0.3, 0.4) is 0 Å². The lowest BCUT2D eigenvalue weighted by molar-refractivity contribution is -0.130. The van der Waals surface area contributed by atoms with Gasteiger partial charge in [0, 0.05) is 22.3 Å². The summed E-state index contributed by atoms with van der Waals surface area (Å²) in [5.41, 5.74) is 6.06. The second kappa shape index (κ2) is 12.8. The van der Waals surface area contributed by atoms with E-state index in [1.165, 1.54) is 0 Å². The quantitative estimate of drug-likeness (QED) is 0.117. The molecule has 0 fully saturated rings. The first kappa shape index (κ1) is 29.5. The van der Waals surface area contributed by atoms with Gasteiger partial charge in [-0.3, -0.25) is 0 Å². The predicted molar refractivity (Wildman–Crippen MR) is 164 cm³/mol. The number of esters is 3. The standard InChI is InChI=1S/C36H30O6/c1-22(2)34(37)40-30-16-11-26(12-17-30)25-7-9-28(10-8-25)32-20-15-29(21-33(32)42-36(39)24(5)6)27-13-18-31(19-14-27)41-35(38)23(3)4/h7-21H,1,3,5H2,2,4,6H3. The SMILES string of the molecule is C=C(C)C(=O)Oc1ccc(-c2ccc(-c3ccc(-c4ccc(OC(=O)C(=C)C)cc4)cc3OC(=O)C(=C)C)cc2)cc1. The largest absolute Gasteiger partial charge is 0.423 e. The Hall–Kier alpha value is -5.49. The number of ether oxygens (including phenoxy) is 3. The Balaban J connectivity index is 1.61. The molecule has 0 aliphatic carbocycles. The maximum atomic E-state index is 12.5. The molecule has 6 heteroatoms. The highest BCUT2D eigenvalue weighted by molar-refractivity contribution is 5.91. The second-order valence-corrected chi connectivity index (χ2v) is 9.85. The Labute approximate surface area is 245 Å². The molecule has 0 amide bonds. The first-order valence-electron chi connectivity index (χ1n) is 13.1. The summed E-state index contributed by atoms with van der Waals surface area (Å²) in [4.78, 5) is 36.1. The van der Waals surface area contributed by atoms with Crippen LogP contribution in [0.5, 0.6) is 17.2 Å². The number of rotatable bonds is 9. The van der Waals surface area contributed by atoms with Crippen LogP contribution in [0, 0.1) is 0 Å². The second-order valence-electron chi connectivity index (χ2n) is 9.85. The summed E-state index contributed by atoms with van der Waals surface area (Å²) in [7, 11) is 0. The summed E-state index contributed by atoms with van der Waals surface area (Å²) in [6.45, 7) is 15.7. The van der Waals surface area contributed by atoms with E-state index in [0.29, 0.717) is 28.4 Å². The van der Waals surface area contributed by atoms with Crippen molar-refractivity contribution in [3.8, 4) is 50.6 Å². The molecule has 0 N–H and O–H groups in total. The maximum Gasteiger partial charge on any atom is 0.338 e. The van der Waals surface area contributed by atoms with E-state index < -0.39 is 17.9 Å². The Bertz CT molecular complexity index is 1690. The lowest BCUT2D eigenvalue weighted by Crippen LogP contribution is -2.09. The van der Waals surface area contributed by atoms with E-state index in [9.17, 15) is 14.4 Å². The smallest absolute Gasteiger partial charge is 0.338 e. The summed E-state index contributed by atoms with van der Waals surface area (Å²) < 4.78 is 16.3. The molecular weight excluding hydrogens is 528 g/mol. The monoisotopic (exact) mass is 558 g/mol. The molecule has 0 saturated carbocycles. The van der Waals surface area contributed by atoms with Crippen LogP contribution in [-0.4, -0.2) is 17.9 Å². The summed E-state index contributed by atoms with van der Waals surface area (Å²) in [5.74, 6) is -0.264. The van der Waals surface area contributed by atoms with E-state index in [1.54, 1.807) is 51.1 Å². The highest BCUT2D eigenvalue weighted by Gasteiger charge is 2.15. The molecule has 4 rings (SSSR count). The normalized spacial score (nSPS) is 10.4. The average molecular weight is 559 g/mol. The van der Waals surface area contributed by atoms with E-state index in [0.717, 1.165) is 33.4 Å². The van der Waals surface area contributed by atoms with Crippen LogP contribution < -0.4 is 14.2 Å². The molecule has 4 aromatic carbocycles. The highest BCUT2D eigenvalue weighted by atomic mass is 16.5. The van der Waals surface area contributed by atoms with Crippen LogP contribution in [0.15, 0.2) is 127 Å². The fourth-order valence-electron chi connectivity index (χ4n) is 3.87. The summed E-state index contributed by atoms with van der Waals surface area (Å²) >= 11 is 0. The van der Waals surface area contributed by atoms with Crippen molar-refractivity contribution in [3.63, 3.8) is 0 Å². The fraction of sp³-hybridized carbons (Fsp3) is 0.0833. The lowest BCUT2D eigenvalue weighted by Gasteiger charge is -2.14. The van der Waals surface area contributed by atoms with Crippen molar-refractivity contribution in [2.75, 3.05) is 0 Å². The molecule has 0 unspecified atom stereocenters. The maximum absolute atomic E-state index is 12.5.